The molecule has 3 N–H and O–H groups in total. The van der Waals surface area contributed by atoms with Crippen LogP contribution in [0.4, 0.5) is 5.69 Å². The molecule has 1 saturated heterocycles. The van der Waals surface area contributed by atoms with E-state index in [1.165, 1.54) is 11.1 Å². The van der Waals surface area contributed by atoms with Crippen molar-refractivity contribution in [1.29, 1.82) is 0 Å². The maximum atomic E-state index is 11.4. The maximum absolute atomic E-state index is 11.4. The average Bonchev–Trinajstić information content (AvgIpc) is 2.84. The first-order chi connectivity index (χ1) is 9.00. The van der Waals surface area contributed by atoms with Crippen LogP contribution in [0.1, 0.15) is 24.0 Å². The van der Waals surface area contributed by atoms with Crippen molar-refractivity contribution in [2.24, 2.45) is 5.73 Å². The average molecular weight is 277 g/mol. The highest BCUT2D eigenvalue weighted by molar-refractivity contribution is 7.80. The molecule has 1 amide bonds. The Labute approximate surface area is 119 Å². The minimum atomic E-state index is -0.303. The normalized spacial score (nSPS) is 18.4. The number of nitrogens with zero attached hydrogens (tertiary/aromatic N) is 1. The summed E-state index contributed by atoms with van der Waals surface area (Å²) in [5.74, 6) is -0.303. The second-order valence-electron chi connectivity index (χ2n) is 4.93. The molecule has 1 fully saturated rings. The molecule has 5 heteroatoms. The minimum Gasteiger partial charge on any atom is -0.368 e. The minimum absolute atomic E-state index is 0.273. The van der Waals surface area contributed by atoms with Crippen LogP contribution in [0, 0.1) is 13.8 Å². The van der Waals surface area contributed by atoms with Crippen molar-refractivity contribution in [1.82, 2.24) is 4.90 Å². The monoisotopic (exact) mass is 277 g/mol. The third-order valence-corrected chi connectivity index (χ3v) is 4.02. The Bertz CT molecular complexity index is 515. The molecule has 1 atom stereocenters. The molecular formula is C14H19N3OS. The molecule has 2 rings (SSSR count). The van der Waals surface area contributed by atoms with Crippen molar-refractivity contribution in [2.75, 3.05) is 11.9 Å². The van der Waals surface area contributed by atoms with Gasteiger partial charge in [0, 0.05) is 12.2 Å². The van der Waals surface area contributed by atoms with Gasteiger partial charge >= 0.3 is 0 Å². The lowest BCUT2D eigenvalue weighted by Gasteiger charge is -2.26. The summed E-state index contributed by atoms with van der Waals surface area (Å²) in [6, 6.07) is 5.77. The zero-order valence-corrected chi connectivity index (χ0v) is 12.1. The zero-order chi connectivity index (χ0) is 14.0. The number of hydrogen-bond donors (Lipinski definition) is 2. The highest BCUT2D eigenvalue weighted by atomic mass is 32.1. The van der Waals surface area contributed by atoms with Gasteiger partial charge in [0.25, 0.3) is 0 Å². The van der Waals surface area contributed by atoms with Gasteiger partial charge in [0.05, 0.1) is 0 Å². The van der Waals surface area contributed by atoms with E-state index in [4.69, 9.17) is 18.0 Å². The molecule has 0 aliphatic carbocycles. The SMILES string of the molecule is Cc1cccc(NC(=S)N2CCC[C@@H]2C(N)=O)c1C. The van der Waals surface area contributed by atoms with Gasteiger partial charge in [0.15, 0.2) is 5.11 Å². The second kappa shape index (κ2) is 5.57. The number of carbonyl (C=O) groups excluding carboxylic acids is 1. The summed E-state index contributed by atoms with van der Waals surface area (Å²) < 4.78 is 0. The van der Waals surface area contributed by atoms with Crippen molar-refractivity contribution in [3.05, 3.63) is 29.3 Å². The molecule has 4 nitrogen and oxygen atoms in total. The predicted molar refractivity (Wildman–Crippen MR) is 81.1 cm³/mol. The highest BCUT2D eigenvalue weighted by Crippen LogP contribution is 2.22. The molecule has 0 radical (unpaired) electrons. The Kier molecular flexibility index (Phi) is 4.04. The number of nitrogens with one attached hydrogen (secondary N) is 1. The van der Waals surface area contributed by atoms with E-state index in [2.05, 4.69) is 25.2 Å². The van der Waals surface area contributed by atoms with Crippen LogP contribution < -0.4 is 11.1 Å². The lowest BCUT2D eigenvalue weighted by Crippen LogP contribution is -2.45. The van der Waals surface area contributed by atoms with Crippen molar-refractivity contribution in [2.45, 2.75) is 32.7 Å². The van der Waals surface area contributed by atoms with Crippen LogP contribution in [0.5, 0.6) is 0 Å². The summed E-state index contributed by atoms with van der Waals surface area (Å²) in [5.41, 5.74) is 8.77. The lowest BCUT2D eigenvalue weighted by atomic mass is 10.1. The van der Waals surface area contributed by atoms with Crippen LogP contribution in [0.15, 0.2) is 18.2 Å². The number of anilines is 1. The molecule has 1 aromatic carbocycles. The molecule has 0 saturated carbocycles. The third kappa shape index (κ3) is 2.87. The molecule has 0 spiro atoms. The maximum Gasteiger partial charge on any atom is 0.240 e. The van der Waals surface area contributed by atoms with Crippen molar-refractivity contribution in [3.63, 3.8) is 0 Å². The van der Waals surface area contributed by atoms with E-state index in [9.17, 15) is 4.79 Å². The topological polar surface area (TPSA) is 58.4 Å². The highest BCUT2D eigenvalue weighted by Gasteiger charge is 2.30. The van der Waals surface area contributed by atoms with Crippen LogP contribution in [-0.4, -0.2) is 28.5 Å². The fourth-order valence-electron chi connectivity index (χ4n) is 2.38. The number of carbonyl (C=O) groups is 1. The Morgan fingerprint density at radius 2 is 2.21 bits per heavy atom. The number of benzene rings is 1. The van der Waals surface area contributed by atoms with Crippen LogP contribution in [0.2, 0.25) is 0 Å². The Hall–Kier alpha value is -1.62. The standard InChI is InChI=1S/C14H19N3OS/c1-9-5-3-6-11(10(9)2)16-14(19)17-8-4-7-12(17)13(15)18/h3,5-6,12H,4,7-8H2,1-2H3,(H2,15,18)(H,16,19)/t12-/m1/s1. The summed E-state index contributed by atoms with van der Waals surface area (Å²) in [5, 5.41) is 3.81. The van der Waals surface area contributed by atoms with Gasteiger partial charge in [-0.25, -0.2) is 0 Å². The van der Waals surface area contributed by atoms with E-state index in [-0.39, 0.29) is 11.9 Å². The first-order valence-corrected chi connectivity index (χ1v) is 6.84. The van der Waals surface area contributed by atoms with Crippen LogP contribution in [0.3, 0.4) is 0 Å². The number of primary amides is 1. The Morgan fingerprint density at radius 1 is 1.47 bits per heavy atom. The number of hydrogen-bond acceptors (Lipinski definition) is 2. The van der Waals surface area contributed by atoms with Gasteiger partial charge in [-0.3, -0.25) is 4.79 Å². The smallest absolute Gasteiger partial charge is 0.240 e. The van der Waals surface area contributed by atoms with Crippen molar-refractivity contribution >= 4 is 28.9 Å². The van der Waals surface area contributed by atoms with Crippen LogP contribution in [-0.2, 0) is 4.79 Å². The summed E-state index contributed by atoms with van der Waals surface area (Å²) in [6.07, 6.45) is 1.73. The first kappa shape index (κ1) is 13.8. The summed E-state index contributed by atoms with van der Waals surface area (Å²) in [6.45, 7) is 4.89. The van der Waals surface area contributed by atoms with E-state index >= 15 is 0 Å². The summed E-state index contributed by atoms with van der Waals surface area (Å²) in [7, 11) is 0. The quantitative estimate of drug-likeness (QED) is 0.811. The molecular weight excluding hydrogens is 258 g/mol. The van der Waals surface area contributed by atoms with Gasteiger partial charge in [-0.2, -0.15) is 0 Å². The number of rotatable bonds is 2. The van der Waals surface area contributed by atoms with E-state index < -0.39 is 0 Å². The van der Waals surface area contributed by atoms with Crippen molar-refractivity contribution < 1.29 is 4.79 Å². The zero-order valence-electron chi connectivity index (χ0n) is 11.3. The van der Waals surface area contributed by atoms with Crippen LogP contribution in [0.25, 0.3) is 0 Å². The molecule has 0 bridgehead atoms. The van der Waals surface area contributed by atoms with E-state index in [1.54, 1.807) is 0 Å². The lowest BCUT2D eigenvalue weighted by molar-refractivity contribution is -0.121. The molecule has 0 unspecified atom stereocenters. The molecule has 0 aromatic heterocycles. The fraction of sp³-hybridized carbons (Fsp3) is 0.429. The predicted octanol–water partition coefficient (Wildman–Crippen LogP) is 1.95. The van der Waals surface area contributed by atoms with E-state index in [0.29, 0.717) is 5.11 Å². The summed E-state index contributed by atoms with van der Waals surface area (Å²) in [4.78, 5) is 13.3. The van der Waals surface area contributed by atoms with Gasteiger partial charge in [-0.15, -0.1) is 0 Å². The molecule has 1 aromatic rings. The van der Waals surface area contributed by atoms with Crippen molar-refractivity contribution in [3.8, 4) is 0 Å². The molecule has 1 aliphatic rings. The number of likely N-dealkylation sites (tertiary alicyclic amines) is 1. The van der Waals surface area contributed by atoms with Gasteiger partial charge in [-0.05, 0) is 56.1 Å². The fourth-order valence-corrected chi connectivity index (χ4v) is 2.71. The summed E-state index contributed by atoms with van der Waals surface area (Å²) >= 11 is 5.40. The number of thiocarbonyl (C=S) groups is 1. The number of amides is 1. The first-order valence-electron chi connectivity index (χ1n) is 6.44. The number of nitrogens with two attached hydrogens (primary N) is 1. The Morgan fingerprint density at radius 3 is 2.89 bits per heavy atom. The molecule has 1 heterocycles. The number of aryl methyl sites for hydroxylation is 1. The van der Waals surface area contributed by atoms with Gasteiger partial charge in [-0.1, -0.05) is 12.1 Å². The third-order valence-electron chi connectivity index (χ3n) is 3.69. The van der Waals surface area contributed by atoms with E-state index in [0.717, 1.165) is 25.1 Å². The molecule has 1 aliphatic heterocycles. The van der Waals surface area contributed by atoms with E-state index in [1.807, 2.05) is 17.0 Å². The van der Waals surface area contributed by atoms with Crippen LogP contribution >= 0.6 is 12.2 Å². The van der Waals surface area contributed by atoms with Gasteiger partial charge < -0.3 is 16.0 Å². The molecule has 19 heavy (non-hydrogen) atoms. The van der Waals surface area contributed by atoms with Gasteiger partial charge in [0.1, 0.15) is 6.04 Å². The molecule has 102 valence electrons. The second-order valence-corrected chi connectivity index (χ2v) is 5.32. The largest absolute Gasteiger partial charge is 0.368 e. The van der Waals surface area contributed by atoms with Gasteiger partial charge in [0.2, 0.25) is 5.91 Å². The Balaban J connectivity index is 2.13.